The van der Waals surface area contributed by atoms with Crippen LogP contribution in [0.15, 0.2) is 104 Å². The summed E-state index contributed by atoms with van der Waals surface area (Å²) < 4.78 is 19.6. The van der Waals surface area contributed by atoms with Gasteiger partial charge in [0.2, 0.25) is 11.6 Å². The van der Waals surface area contributed by atoms with Gasteiger partial charge in [-0.1, -0.05) is 51.8 Å². The van der Waals surface area contributed by atoms with Crippen molar-refractivity contribution >= 4 is 61.3 Å². The quantitative estimate of drug-likeness (QED) is 0.0866. The first kappa shape index (κ1) is 29.1. The molecule has 0 bridgehead atoms. The van der Waals surface area contributed by atoms with E-state index in [1.54, 1.807) is 61.5 Å². The predicted octanol–water partition coefficient (Wildman–Crippen LogP) is 7.99. The molecule has 10 nitrogen and oxygen atoms in total. The number of hydrogen-bond donors (Lipinski definition) is 0. The normalized spacial score (nSPS) is 11.4. The Kier molecular flexibility index (Phi) is 8.14. The molecule has 0 saturated carbocycles. The standard InChI is InChI=1S/C32H22BrClN4O6/c1-2-42-28-14-20(13-26(38(40)41)30(28)43-18-19-7-9-22(33)10-8-19)17-35-37-31(36-25-6-4-3-5-24(25)32(37)39)29-16-21-15-23(34)11-12-27(21)44-29/h3-17H,2,18H2,1H3. The summed E-state index contributed by atoms with van der Waals surface area (Å²) in [5, 5.41) is 18.2. The molecule has 0 saturated heterocycles. The SMILES string of the molecule is CCOc1cc(C=Nn2c(-c3cc4cc(Cl)ccc4o3)nc3ccccc3c2=O)cc([N+](=O)[O-])c1OCc1ccc(Br)cc1. The average Bonchev–Trinajstić information content (AvgIpc) is 3.44. The lowest BCUT2D eigenvalue weighted by Gasteiger charge is -2.13. The van der Waals surface area contributed by atoms with Crippen molar-refractivity contribution in [3.05, 3.63) is 126 Å². The minimum Gasteiger partial charge on any atom is -0.490 e. The second kappa shape index (κ2) is 12.3. The third-order valence-corrected chi connectivity index (χ3v) is 7.39. The monoisotopic (exact) mass is 672 g/mol. The molecule has 12 heteroatoms. The van der Waals surface area contributed by atoms with Crippen molar-refractivity contribution in [3.8, 4) is 23.1 Å². The lowest BCUT2D eigenvalue weighted by atomic mass is 10.1. The molecule has 0 spiro atoms. The van der Waals surface area contributed by atoms with E-state index in [0.717, 1.165) is 20.1 Å². The number of nitro benzene ring substituents is 1. The van der Waals surface area contributed by atoms with Crippen molar-refractivity contribution in [3.63, 3.8) is 0 Å². The van der Waals surface area contributed by atoms with E-state index in [-0.39, 0.29) is 36.2 Å². The second-order valence-electron chi connectivity index (χ2n) is 9.58. The number of halogens is 2. The molecule has 4 aromatic carbocycles. The van der Waals surface area contributed by atoms with E-state index in [2.05, 4.69) is 26.0 Å². The molecule has 2 heterocycles. The van der Waals surface area contributed by atoms with Gasteiger partial charge in [-0.3, -0.25) is 14.9 Å². The first-order valence-electron chi connectivity index (χ1n) is 13.4. The molecule has 0 radical (unpaired) electrons. The molecular weight excluding hydrogens is 652 g/mol. The molecule has 220 valence electrons. The molecule has 0 aliphatic heterocycles. The van der Waals surface area contributed by atoms with Crippen LogP contribution >= 0.6 is 27.5 Å². The van der Waals surface area contributed by atoms with Crippen molar-refractivity contribution in [2.75, 3.05) is 6.61 Å². The van der Waals surface area contributed by atoms with Gasteiger partial charge in [-0.05, 0) is 67.1 Å². The number of ether oxygens (including phenoxy) is 2. The summed E-state index contributed by atoms with van der Waals surface area (Å²) in [5.74, 6) is 0.591. The van der Waals surface area contributed by atoms with E-state index >= 15 is 0 Å². The van der Waals surface area contributed by atoms with Crippen LogP contribution in [0.1, 0.15) is 18.1 Å². The maximum absolute atomic E-state index is 13.6. The summed E-state index contributed by atoms with van der Waals surface area (Å²) in [7, 11) is 0. The first-order chi connectivity index (χ1) is 21.3. The number of nitro groups is 1. The Labute approximate surface area is 263 Å². The number of aromatic nitrogens is 2. The maximum Gasteiger partial charge on any atom is 0.315 e. The zero-order valence-corrected chi connectivity index (χ0v) is 25.4. The lowest BCUT2D eigenvalue weighted by molar-refractivity contribution is -0.386. The Bertz CT molecular complexity index is 2120. The first-order valence-corrected chi connectivity index (χ1v) is 14.6. The molecule has 6 aromatic rings. The Morgan fingerprint density at radius 3 is 2.64 bits per heavy atom. The fourth-order valence-electron chi connectivity index (χ4n) is 4.60. The summed E-state index contributed by atoms with van der Waals surface area (Å²) in [4.78, 5) is 29.9. The molecule has 6 rings (SSSR count). The zero-order chi connectivity index (χ0) is 30.8. The fraction of sp³-hybridized carbons (Fsp3) is 0.0938. The Balaban J connectivity index is 1.44. The smallest absolute Gasteiger partial charge is 0.315 e. The van der Waals surface area contributed by atoms with E-state index in [1.165, 1.54) is 12.3 Å². The number of para-hydroxylation sites is 1. The van der Waals surface area contributed by atoms with Gasteiger partial charge in [-0.25, -0.2) is 4.98 Å². The Hall–Kier alpha value is -5.00. The molecule has 0 N–H and O–H groups in total. The molecule has 0 unspecified atom stereocenters. The number of rotatable bonds is 9. The predicted molar refractivity (Wildman–Crippen MR) is 172 cm³/mol. The van der Waals surface area contributed by atoms with Crippen LogP contribution in [0.4, 0.5) is 5.69 Å². The summed E-state index contributed by atoms with van der Waals surface area (Å²) in [5.41, 5.74) is 1.37. The summed E-state index contributed by atoms with van der Waals surface area (Å²) in [6.45, 7) is 2.09. The molecule has 0 aliphatic rings. The van der Waals surface area contributed by atoms with Crippen molar-refractivity contribution in [2.45, 2.75) is 13.5 Å². The highest BCUT2D eigenvalue weighted by Gasteiger charge is 2.23. The summed E-state index contributed by atoms with van der Waals surface area (Å²) in [6, 6.07) is 24.0. The van der Waals surface area contributed by atoms with E-state index in [0.29, 0.717) is 32.8 Å². The molecule has 0 aliphatic carbocycles. The molecule has 0 amide bonds. The van der Waals surface area contributed by atoms with Crippen LogP contribution in [0.25, 0.3) is 33.5 Å². The van der Waals surface area contributed by atoms with Crippen LogP contribution < -0.4 is 15.0 Å². The topological polar surface area (TPSA) is 122 Å². The van der Waals surface area contributed by atoms with Gasteiger partial charge in [0.05, 0.1) is 28.6 Å². The van der Waals surface area contributed by atoms with Gasteiger partial charge in [0.1, 0.15) is 12.2 Å². The minimum atomic E-state index is -0.550. The highest BCUT2D eigenvalue weighted by Crippen LogP contribution is 2.39. The van der Waals surface area contributed by atoms with Crippen LogP contribution in [-0.4, -0.2) is 27.4 Å². The number of nitrogens with zero attached hydrogens (tertiary/aromatic N) is 4. The number of benzene rings is 4. The second-order valence-corrected chi connectivity index (χ2v) is 10.9. The summed E-state index contributed by atoms with van der Waals surface area (Å²) >= 11 is 9.55. The van der Waals surface area contributed by atoms with E-state index in [1.807, 2.05) is 24.3 Å². The third kappa shape index (κ3) is 5.92. The van der Waals surface area contributed by atoms with Crippen LogP contribution in [0.3, 0.4) is 0 Å². The van der Waals surface area contributed by atoms with Crippen molar-refractivity contribution in [1.29, 1.82) is 0 Å². The van der Waals surface area contributed by atoms with Gasteiger partial charge in [0.15, 0.2) is 11.5 Å². The molecule has 0 fully saturated rings. The van der Waals surface area contributed by atoms with Gasteiger partial charge in [0, 0.05) is 26.5 Å². The Morgan fingerprint density at radius 2 is 1.86 bits per heavy atom. The summed E-state index contributed by atoms with van der Waals surface area (Å²) in [6.07, 6.45) is 1.33. The molecular formula is C32H22BrClN4O6. The van der Waals surface area contributed by atoms with E-state index in [9.17, 15) is 14.9 Å². The molecule has 2 aromatic heterocycles. The van der Waals surface area contributed by atoms with Crippen LogP contribution in [0.5, 0.6) is 11.5 Å². The van der Waals surface area contributed by atoms with Crippen molar-refractivity contribution in [1.82, 2.24) is 9.66 Å². The maximum atomic E-state index is 13.6. The van der Waals surface area contributed by atoms with Crippen LogP contribution in [-0.2, 0) is 6.61 Å². The van der Waals surface area contributed by atoms with Crippen LogP contribution in [0.2, 0.25) is 5.02 Å². The van der Waals surface area contributed by atoms with Gasteiger partial charge in [-0.15, -0.1) is 0 Å². The van der Waals surface area contributed by atoms with E-state index < -0.39 is 10.5 Å². The third-order valence-electron chi connectivity index (χ3n) is 6.63. The van der Waals surface area contributed by atoms with Crippen LogP contribution in [0, 0.1) is 10.1 Å². The van der Waals surface area contributed by atoms with E-state index in [4.69, 9.17) is 25.5 Å². The molecule has 44 heavy (non-hydrogen) atoms. The van der Waals surface area contributed by atoms with Crippen molar-refractivity contribution in [2.24, 2.45) is 5.10 Å². The zero-order valence-electron chi connectivity index (χ0n) is 23.1. The fourth-order valence-corrected chi connectivity index (χ4v) is 5.05. The van der Waals surface area contributed by atoms with Crippen molar-refractivity contribution < 1.29 is 18.8 Å². The average molecular weight is 674 g/mol. The van der Waals surface area contributed by atoms with Gasteiger partial charge in [-0.2, -0.15) is 9.78 Å². The number of fused-ring (bicyclic) bond motifs is 2. The largest absolute Gasteiger partial charge is 0.490 e. The molecule has 0 atom stereocenters. The highest BCUT2D eigenvalue weighted by molar-refractivity contribution is 9.10. The number of hydrogen-bond acceptors (Lipinski definition) is 8. The highest BCUT2D eigenvalue weighted by atomic mass is 79.9. The lowest BCUT2D eigenvalue weighted by Crippen LogP contribution is -2.20. The van der Waals surface area contributed by atoms with Gasteiger partial charge < -0.3 is 13.9 Å². The van der Waals surface area contributed by atoms with Gasteiger partial charge >= 0.3 is 5.69 Å². The minimum absolute atomic E-state index is 0.0110. The van der Waals surface area contributed by atoms with Gasteiger partial charge in [0.25, 0.3) is 5.56 Å². The number of furan rings is 1. The Morgan fingerprint density at radius 1 is 1.07 bits per heavy atom.